The lowest BCUT2D eigenvalue weighted by atomic mass is 9.99. The number of carbonyl (C=O) groups is 1. The summed E-state index contributed by atoms with van der Waals surface area (Å²) in [6.45, 7) is 0.751. The van der Waals surface area contributed by atoms with Crippen LogP contribution < -0.4 is 9.62 Å². The fraction of sp³-hybridized carbons (Fsp3) is 0.381. The maximum absolute atomic E-state index is 12.6. The number of hydrogen-bond donors (Lipinski definition) is 2. The summed E-state index contributed by atoms with van der Waals surface area (Å²) in [5.41, 5.74) is 3.03. The van der Waals surface area contributed by atoms with Crippen molar-refractivity contribution in [3.8, 4) is 0 Å². The van der Waals surface area contributed by atoms with Gasteiger partial charge in [-0.3, -0.25) is 9.10 Å². The Hall–Kier alpha value is -2.09. The normalized spacial score (nSPS) is 14.9. The van der Waals surface area contributed by atoms with E-state index in [1.165, 1.54) is 10.6 Å². The molecule has 0 bridgehead atoms. The van der Waals surface area contributed by atoms with Crippen molar-refractivity contribution >= 4 is 33.2 Å². The number of carbonyl (C=O) groups excluding carboxylic acids is 1. The average molecular weight is 437 g/mol. The van der Waals surface area contributed by atoms with Gasteiger partial charge < -0.3 is 10.4 Å². The summed E-state index contributed by atoms with van der Waals surface area (Å²) in [6, 6.07) is 12.5. The molecule has 156 valence electrons. The van der Waals surface area contributed by atoms with Gasteiger partial charge >= 0.3 is 0 Å². The summed E-state index contributed by atoms with van der Waals surface area (Å²) in [7, 11) is -3.33. The summed E-state index contributed by atoms with van der Waals surface area (Å²) >= 11 is 5.89. The van der Waals surface area contributed by atoms with Crippen LogP contribution in [0.3, 0.4) is 0 Å². The number of halogens is 1. The van der Waals surface area contributed by atoms with Crippen LogP contribution in [0.15, 0.2) is 42.5 Å². The van der Waals surface area contributed by atoms with E-state index in [0.717, 1.165) is 24.0 Å². The van der Waals surface area contributed by atoms with Gasteiger partial charge in [0.15, 0.2) is 0 Å². The number of benzene rings is 2. The van der Waals surface area contributed by atoms with Crippen molar-refractivity contribution < 1.29 is 18.3 Å². The van der Waals surface area contributed by atoms with E-state index in [-0.39, 0.29) is 18.4 Å². The van der Waals surface area contributed by atoms with E-state index >= 15 is 0 Å². The van der Waals surface area contributed by atoms with Crippen molar-refractivity contribution in [3.05, 3.63) is 64.2 Å². The zero-order chi connectivity index (χ0) is 21.0. The Labute approximate surface area is 176 Å². The molecule has 0 aliphatic carbocycles. The molecule has 29 heavy (non-hydrogen) atoms. The number of anilines is 1. The van der Waals surface area contributed by atoms with Gasteiger partial charge in [-0.15, -0.1) is 0 Å². The number of aryl methyl sites for hydroxylation is 1. The second kappa shape index (κ2) is 9.15. The summed E-state index contributed by atoms with van der Waals surface area (Å²) < 4.78 is 25.3. The van der Waals surface area contributed by atoms with Gasteiger partial charge in [0, 0.05) is 36.2 Å². The number of nitrogens with zero attached hydrogens (tertiary/aromatic N) is 1. The van der Waals surface area contributed by atoms with Crippen LogP contribution in [-0.2, 0) is 22.9 Å². The molecule has 0 aromatic heterocycles. The van der Waals surface area contributed by atoms with Crippen molar-refractivity contribution in [3.63, 3.8) is 0 Å². The molecule has 0 radical (unpaired) electrons. The molecular weight excluding hydrogens is 412 g/mol. The van der Waals surface area contributed by atoms with Crippen LogP contribution in [0.2, 0.25) is 5.02 Å². The first kappa shape index (κ1) is 21.6. The fourth-order valence-corrected chi connectivity index (χ4v) is 4.66. The predicted octanol–water partition coefficient (Wildman–Crippen LogP) is 2.63. The molecule has 6 nitrogen and oxygen atoms in total. The number of aliphatic hydroxyl groups excluding tert-OH is 1. The smallest absolute Gasteiger partial charge is 0.251 e. The van der Waals surface area contributed by atoms with Gasteiger partial charge in [0.05, 0.1) is 11.9 Å². The molecule has 1 unspecified atom stereocenters. The summed E-state index contributed by atoms with van der Waals surface area (Å²) in [4.78, 5) is 12.6. The molecule has 2 aromatic carbocycles. The van der Waals surface area contributed by atoms with Gasteiger partial charge in [-0.05, 0) is 60.7 Å². The van der Waals surface area contributed by atoms with Gasteiger partial charge in [0.1, 0.15) is 0 Å². The first-order chi connectivity index (χ1) is 13.8. The number of hydrogen-bond acceptors (Lipinski definition) is 4. The fourth-order valence-electron chi connectivity index (χ4n) is 3.54. The molecule has 1 atom stereocenters. The van der Waals surface area contributed by atoms with Gasteiger partial charge in [0.25, 0.3) is 5.91 Å². The Bertz CT molecular complexity index is 977. The Morgan fingerprint density at radius 2 is 1.97 bits per heavy atom. The van der Waals surface area contributed by atoms with Gasteiger partial charge in [-0.25, -0.2) is 8.42 Å². The molecule has 1 amide bonds. The third kappa shape index (κ3) is 5.50. The molecule has 2 N–H and O–H groups in total. The van der Waals surface area contributed by atoms with E-state index in [9.17, 15) is 18.3 Å². The standard InChI is InChI=1S/C21H25ClN2O4S/c1-29(27,28)24-10-2-3-17-12-18(6-9-20(17)24)21(26)23-13-16(14-25)11-15-4-7-19(22)8-5-15/h4-9,12,16,25H,2-3,10-11,13-14H2,1H3,(H,23,26). The molecule has 0 saturated heterocycles. The quantitative estimate of drug-likeness (QED) is 0.698. The number of rotatable bonds is 7. The Morgan fingerprint density at radius 1 is 1.24 bits per heavy atom. The summed E-state index contributed by atoms with van der Waals surface area (Å²) in [5, 5.41) is 13.2. The third-order valence-corrected chi connectivity index (χ3v) is 6.50. The molecule has 1 heterocycles. The van der Waals surface area contributed by atoms with Crippen LogP contribution in [0.25, 0.3) is 0 Å². The molecule has 0 spiro atoms. The van der Waals surface area contributed by atoms with Gasteiger partial charge in [0.2, 0.25) is 10.0 Å². The van der Waals surface area contributed by atoms with Crippen LogP contribution in [0.4, 0.5) is 5.69 Å². The highest BCUT2D eigenvalue weighted by Gasteiger charge is 2.24. The van der Waals surface area contributed by atoms with E-state index in [0.29, 0.717) is 35.8 Å². The van der Waals surface area contributed by atoms with E-state index in [1.54, 1.807) is 30.3 Å². The zero-order valence-electron chi connectivity index (χ0n) is 16.3. The topological polar surface area (TPSA) is 86.7 Å². The third-order valence-electron chi connectivity index (χ3n) is 5.07. The lowest BCUT2D eigenvalue weighted by Crippen LogP contribution is -2.35. The first-order valence-corrected chi connectivity index (χ1v) is 11.7. The highest BCUT2D eigenvalue weighted by atomic mass is 35.5. The Morgan fingerprint density at radius 3 is 2.62 bits per heavy atom. The van der Waals surface area contributed by atoms with E-state index in [4.69, 9.17) is 11.6 Å². The maximum Gasteiger partial charge on any atom is 0.251 e. The van der Waals surface area contributed by atoms with Crippen molar-refractivity contribution in [2.45, 2.75) is 19.3 Å². The van der Waals surface area contributed by atoms with Crippen molar-refractivity contribution in [1.29, 1.82) is 0 Å². The van der Waals surface area contributed by atoms with Crippen molar-refractivity contribution in [1.82, 2.24) is 5.32 Å². The minimum Gasteiger partial charge on any atom is -0.396 e. The van der Waals surface area contributed by atoms with Crippen LogP contribution >= 0.6 is 11.6 Å². The maximum atomic E-state index is 12.6. The zero-order valence-corrected chi connectivity index (χ0v) is 17.8. The Balaban J connectivity index is 1.65. The van der Waals surface area contributed by atoms with Crippen molar-refractivity contribution in [2.24, 2.45) is 5.92 Å². The highest BCUT2D eigenvalue weighted by molar-refractivity contribution is 7.92. The van der Waals surface area contributed by atoms with Crippen LogP contribution in [0, 0.1) is 5.92 Å². The Kier molecular flexibility index (Phi) is 6.82. The first-order valence-electron chi connectivity index (χ1n) is 9.52. The number of fused-ring (bicyclic) bond motifs is 1. The average Bonchev–Trinajstić information content (AvgIpc) is 2.70. The lowest BCUT2D eigenvalue weighted by molar-refractivity contribution is 0.0940. The van der Waals surface area contributed by atoms with E-state index in [2.05, 4.69) is 5.32 Å². The monoisotopic (exact) mass is 436 g/mol. The highest BCUT2D eigenvalue weighted by Crippen LogP contribution is 2.29. The molecule has 0 fully saturated rings. The van der Waals surface area contributed by atoms with Crippen LogP contribution in [0.5, 0.6) is 0 Å². The predicted molar refractivity (Wildman–Crippen MR) is 115 cm³/mol. The molecule has 8 heteroatoms. The molecule has 3 rings (SSSR count). The number of aliphatic hydroxyl groups is 1. The summed E-state index contributed by atoms with van der Waals surface area (Å²) in [5.74, 6) is -0.350. The number of nitrogens with one attached hydrogen (secondary N) is 1. The SMILES string of the molecule is CS(=O)(=O)N1CCCc2cc(C(=O)NCC(CO)Cc3ccc(Cl)cc3)ccc21. The van der Waals surface area contributed by atoms with Gasteiger partial charge in [-0.2, -0.15) is 0 Å². The molecule has 2 aromatic rings. The second-order valence-corrected chi connectivity index (χ2v) is 9.71. The lowest BCUT2D eigenvalue weighted by Gasteiger charge is -2.29. The number of sulfonamides is 1. The molecule has 0 saturated carbocycles. The van der Waals surface area contributed by atoms with E-state index < -0.39 is 10.0 Å². The number of amides is 1. The van der Waals surface area contributed by atoms with Gasteiger partial charge in [-0.1, -0.05) is 23.7 Å². The van der Waals surface area contributed by atoms with E-state index in [1.807, 2.05) is 12.1 Å². The second-order valence-electron chi connectivity index (χ2n) is 7.37. The summed E-state index contributed by atoms with van der Waals surface area (Å²) in [6.07, 6.45) is 3.27. The van der Waals surface area contributed by atoms with Crippen LogP contribution in [-0.4, -0.2) is 45.4 Å². The minimum absolute atomic E-state index is 0.0452. The minimum atomic E-state index is -3.33. The van der Waals surface area contributed by atoms with Crippen molar-refractivity contribution in [2.75, 3.05) is 30.3 Å². The molecular formula is C21H25ClN2O4S. The largest absolute Gasteiger partial charge is 0.396 e. The molecule has 1 aliphatic rings. The molecule has 1 aliphatic heterocycles. The van der Waals surface area contributed by atoms with Crippen LogP contribution in [0.1, 0.15) is 27.9 Å².